The summed E-state index contributed by atoms with van der Waals surface area (Å²) in [4.78, 5) is 0. The lowest BCUT2D eigenvalue weighted by Crippen LogP contribution is -2.14. The van der Waals surface area contributed by atoms with E-state index < -0.39 is 0 Å². The zero-order chi connectivity index (χ0) is 8.89. The second kappa shape index (κ2) is 2.53. The number of hydrogen-bond donors (Lipinski definition) is 0. The molecule has 0 nitrogen and oxygen atoms in total. The number of fused-ring (bicyclic) bond motifs is 2. The fourth-order valence-electron chi connectivity index (χ4n) is 3.60. The Labute approximate surface area is 81.1 Å². The Kier molecular flexibility index (Phi) is 1.54. The zero-order valence-electron chi connectivity index (χ0n) is 8.47. The number of hydrogen-bond acceptors (Lipinski definition) is 0. The van der Waals surface area contributed by atoms with Gasteiger partial charge in [-0.15, -0.1) is 5.92 Å². The summed E-state index contributed by atoms with van der Waals surface area (Å²) >= 11 is 0. The van der Waals surface area contributed by atoms with Crippen LogP contribution < -0.4 is 0 Å². The molecule has 0 aliphatic heterocycles. The molecule has 0 spiro atoms. The molecule has 0 saturated heterocycles. The van der Waals surface area contributed by atoms with Crippen LogP contribution in [-0.4, -0.2) is 0 Å². The first-order valence-corrected chi connectivity index (χ1v) is 5.91. The first-order valence-electron chi connectivity index (χ1n) is 5.91. The van der Waals surface area contributed by atoms with Crippen molar-refractivity contribution in [1.29, 1.82) is 0 Å². The molecule has 0 heterocycles. The van der Waals surface area contributed by atoms with Crippen molar-refractivity contribution in [2.24, 2.45) is 23.2 Å². The van der Waals surface area contributed by atoms with Crippen molar-refractivity contribution in [3.8, 4) is 11.8 Å². The summed E-state index contributed by atoms with van der Waals surface area (Å²) in [6, 6.07) is 0. The van der Waals surface area contributed by atoms with Crippen LogP contribution in [0.25, 0.3) is 0 Å². The molecule has 0 aromatic carbocycles. The first kappa shape index (κ1) is 7.92. The predicted molar refractivity (Wildman–Crippen MR) is 54.1 cm³/mol. The first-order chi connectivity index (χ1) is 6.41. The summed E-state index contributed by atoms with van der Waals surface area (Å²) in [5.41, 5.74) is 0.617. The number of unbranched alkanes of at least 4 members (excludes halogenated alkanes) is 2. The molecule has 0 amide bonds. The Morgan fingerprint density at radius 3 is 2.69 bits per heavy atom. The van der Waals surface area contributed by atoms with Crippen LogP contribution in [0, 0.1) is 35.0 Å². The summed E-state index contributed by atoms with van der Waals surface area (Å²) in [5.74, 6) is 10.2. The van der Waals surface area contributed by atoms with Gasteiger partial charge in [0.15, 0.2) is 0 Å². The van der Waals surface area contributed by atoms with Crippen LogP contribution in [0.1, 0.15) is 45.4 Å². The predicted octanol–water partition coefficient (Wildman–Crippen LogP) is 3.23. The fourth-order valence-corrected chi connectivity index (χ4v) is 3.60. The second-order valence-corrected chi connectivity index (χ2v) is 5.01. The van der Waals surface area contributed by atoms with E-state index in [1.54, 1.807) is 0 Å². The third-order valence-corrected chi connectivity index (χ3v) is 4.42. The normalized spacial score (nSPS) is 48.8. The Bertz CT molecular complexity index is 257. The van der Waals surface area contributed by atoms with Gasteiger partial charge in [-0.3, -0.25) is 0 Å². The zero-order valence-corrected chi connectivity index (χ0v) is 8.47. The monoisotopic (exact) mass is 174 g/mol. The maximum absolute atomic E-state index is 3.59. The van der Waals surface area contributed by atoms with Crippen LogP contribution >= 0.6 is 0 Å². The molecule has 0 aromatic heterocycles. The Morgan fingerprint density at radius 2 is 2.08 bits per heavy atom. The van der Waals surface area contributed by atoms with Crippen molar-refractivity contribution < 1.29 is 0 Å². The maximum Gasteiger partial charge on any atom is 0.0412 e. The average Bonchev–Trinajstić information content (AvgIpc) is 3.03. The van der Waals surface area contributed by atoms with Crippen LogP contribution in [0.4, 0.5) is 0 Å². The summed E-state index contributed by atoms with van der Waals surface area (Å²) in [6.07, 6.45) is 8.20. The highest BCUT2D eigenvalue weighted by Gasteiger charge is 2.86. The van der Waals surface area contributed by atoms with Crippen molar-refractivity contribution in [2.45, 2.75) is 45.4 Å². The lowest BCUT2D eigenvalue weighted by atomic mass is 9.83. The third kappa shape index (κ3) is 0.885. The van der Waals surface area contributed by atoms with E-state index in [1.165, 1.54) is 32.1 Å². The molecule has 70 valence electrons. The molecule has 2 atom stereocenters. The molecule has 3 rings (SSSR count). The topological polar surface area (TPSA) is 0 Å². The molecule has 3 aliphatic rings. The van der Waals surface area contributed by atoms with E-state index in [1.807, 2.05) is 0 Å². The minimum atomic E-state index is 0.617. The van der Waals surface area contributed by atoms with E-state index in [-0.39, 0.29) is 0 Å². The molecule has 0 bridgehead atoms. The van der Waals surface area contributed by atoms with Crippen LogP contribution in [0.15, 0.2) is 0 Å². The third-order valence-electron chi connectivity index (χ3n) is 4.42. The van der Waals surface area contributed by atoms with Gasteiger partial charge >= 0.3 is 0 Å². The Balaban J connectivity index is 1.59. The molecule has 3 saturated carbocycles. The smallest absolute Gasteiger partial charge is 0.0412 e. The van der Waals surface area contributed by atoms with Crippen molar-refractivity contribution in [1.82, 2.24) is 0 Å². The maximum atomic E-state index is 3.59. The molecule has 0 heteroatoms. The van der Waals surface area contributed by atoms with E-state index in [4.69, 9.17) is 0 Å². The van der Waals surface area contributed by atoms with Gasteiger partial charge in [-0.05, 0) is 37.0 Å². The van der Waals surface area contributed by atoms with Gasteiger partial charge in [0.05, 0.1) is 0 Å². The second-order valence-electron chi connectivity index (χ2n) is 5.01. The summed E-state index contributed by atoms with van der Waals surface area (Å²) in [7, 11) is 0. The lowest BCUT2D eigenvalue weighted by molar-refractivity contribution is 0.307. The molecule has 2 unspecified atom stereocenters. The van der Waals surface area contributed by atoms with Gasteiger partial charge in [0.25, 0.3) is 0 Å². The van der Waals surface area contributed by atoms with Gasteiger partial charge in [0, 0.05) is 11.8 Å². The van der Waals surface area contributed by atoms with Crippen LogP contribution in [0.2, 0.25) is 0 Å². The van der Waals surface area contributed by atoms with Crippen molar-refractivity contribution in [3.05, 3.63) is 0 Å². The molecule has 0 radical (unpaired) electrons. The van der Waals surface area contributed by atoms with Gasteiger partial charge in [-0.25, -0.2) is 0 Å². The summed E-state index contributed by atoms with van der Waals surface area (Å²) in [5, 5.41) is 0. The van der Waals surface area contributed by atoms with Crippen molar-refractivity contribution in [3.63, 3.8) is 0 Å². The molecule has 0 aromatic rings. The molecule has 3 fully saturated rings. The Hall–Kier alpha value is -0.440. The minimum absolute atomic E-state index is 0.617. The van der Waals surface area contributed by atoms with Gasteiger partial charge in [-0.2, -0.15) is 0 Å². The van der Waals surface area contributed by atoms with Gasteiger partial charge in [-0.1, -0.05) is 25.7 Å². The average molecular weight is 174 g/mol. The Morgan fingerprint density at radius 1 is 1.31 bits per heavy atom. The van der Waals surface area contributed by atoms with Crippen molar-refractivity contribution >= 4 is 0 Å². The van der Waals surface area contributed by atoms with Gasteiger partial charge < -0.3 is 0 Å². The van der Waals surface area contributed by atoms with E-state index in [0.29, 0.717) is 5.41 Å². The molecule has 3 aliphatic carbocycles. The van der Waals surface area contributed by atoms with E-state index >= 15 is 0 Å². The molecular formula is C13H18. The van der Waals surface area contributed by atoms with Crippen molar-refractivity contribution in [2.75, 3.05) is 0 Å². The molecule has 0 N–H and O–H groups in total. The quantitative estimate of drug-likeness (QED) is 0.445. The van der Waals surface area contributed by atoms with Crippen LogP contribution in [-0.2, 0) is 0 Å². The summed E-state index contributed by atoms with van der Waals surface area (Å²) in [6.45, 7) is 2.24. The molecular weight excluding hydrogens is 156 g/mol. The number of rotatable bonds is 2. The van der Waals surface area contributed by atoms with Gasteiger partial charge in [0.1, 0.15) is 0 Å². The minimum Gasteiger partial charge on any atom is -0.103 e. The highest BCUT2D eigenvalue weighted by Crippen LogP contribution is 2.88. The van der Waals surface area contributed by atoms with Crippen LogP contribution in [0.5, 0.6) is 0 Å². The standard InChI is InChI=1S/C13H18/c1-2-3-4-5-9-13-10-7-6-8-11(13)12(10)13/h10-12H,2-4,6-8H2,1H3. The summed E-state index contributed by atoms with van der Waals surface area (Å²) < 4.78 is 0. The molecule has 13 heavy (non-hydrogen) atoms. The SMILES string of the molecule is CCCCC#CC12C3CCCC1C32. The van der Waals surface area contributed by atoms with E-state index in [0.717, 1.165) is 24.2 Å². The van der Waals surface area contributed by atoms with E-state index in [2.05, 4.69) is 18.8 Å². The highest BCUT2D eigenvalue weighted by atomic mass is 14.9. The van der Waals surface area contributed by atoms with Gasteiger partial charge in [0.2, 0.25) is 0 Å². The van der Waals surface area contributed by atoms with Crippen LogP contribution in [0.3, 0.4) is 0 Å². The fraction of sp³-hybridized carbons (Fsp3) is 0.846. The largest absolute Gasteiger partial charge is 0.103 e. The van der Waals surface area contributed by atoms with E-state index in [9.17, 15) is 0 Å². The lowest BCUT2D eigenvalue weighted by Gasteiger charge is -2.21. The highest BCUT2D eigenvalue weighted by molar-refractivity contribution is 5.44.